The van der Waals surface area contributed by atoms with E-state index in [1.165, 1.54) is 11.3 Å². The maximum atomic E-state index is 13.2. The molecule has 0 unspecified atom stereocenters. The number of aromatic amines is 1. The molecule has 31 heavy (non-hydrogen) atoms. The number of rotatable bonds is 4. The van der Waals surface area contributed by atoms with Crippen molar-refractivity contribution < 1.29 is 14.3 Å². The highest BCUT2D eigenvalue weighted by atomic mass is 32.1. The van der Waals surface area contributed by atoms with Crippen LogP contribution in [0.1, 0.15) is 26.5 Å². The average Bonchev–Trinajstić information content (AvgIpc) is 3.41. The first kappa shape index (κ1) is 20.0. The number of amides is 2. The first-order valence-corrected chi connectivity index (χ1v) is 11.4. The van der Waals surface area contributed by atoms with Crippen LogP contribution in [0.3, 0.4) is 0 Å². The second-order valence-electron chi connectivity index (χ2n) is 8.07. The van der Waals surface area contributed by atoms with Crippen molar-refractivity contribution >= 4 is 34.1 Å². The highest BCUT2D eigenvalue weighted by molar-refractivity contribution is 7.07. The van der Waals surface area contributed by atoms with E-state index in [0.717, 1.165) is 48.4 Å². The summed E-state index contributed by atoms with van der Waals surface area (Å²) in [5.74, 6) is 0.784. The molecule has 4 heterocycles. The van der Waals surface area contributed by atoms with E-state index in [1.807, 2.05) is 34.9 Å². The molecule has 2 fully saturated rings. The molecule has 162 valence electrons. The van der Waals surface area contributed by atoms with Crippen LogP contribution in [0.2, 0.25) is 0 Å². The Morgan fingerprint density at radius 3 is 2.58 bits per heavy atom. The van der Waals surface area contributed by atoms with Crippen LogP contribution in [-0.4, -0.2) is 88.9 Å². The maximum absolute atomic E-state index is 13.2. The van der Waals surface area contributed by atoms with Gasteiger partial charge in [-0.05, 0) is 18.6 Å². The smallest absolute Gasteiger partial charge is 0.273 e. The Morgan fingerprint density at radius 1 is 1.13 bits per heavy atom. The third-order valence-corrected chi connectivity index (χ3v) is 6.99. The van der Waals surface area contributed by atoms with Gasteiger partial charge in [-0.25, -0.2) is 4.98 Å². The molecule has 1 aromatic carbocycles. The molecular weight excluding hydrogens is 414 g/mol. The van der Waals surface area contributed by atoms with E-state index in [1.54, 1.807) is 18.0 Å². The van der Waals surface area contributed by atoms with Gasteiger partial charge in [0.15, 0.2) is 0 Å². The third-order valence-electron chi connectivity index (χ3n) is 6.41. The van der Waals surface area contributed by atoms with Crippen molar-refractivity contribution in [3.63, 3.8) is 0 Å². The summed E-state index contributed by atoms with van der Waals surface area (Å²) in [5, 5.41) is 2.81. The normalized spacial score (nSPS) is 17.7. The molecule has 0 atom stereocenters. The summed E-state index contributed by atoms with van der Waals surface area (Å²) in [4.78, 5) is 39.1. The van der Waals surface area contributed by atoms with Crippen molar-refractivity contribution in [1.29, 1.82) is 0 Å². The Hall–Kier alpha value is -2.91. The van der Waals surface area contributed by atoms with Crippen LogP contribution in [0.5, 0.6) is 5.75 Å². The van der Waals surface area contributed by atoms with Gasteiger partial charge in [-0.15, -0.1) is 11.3 Å². The number of likely N-dealkylation sites (tertiary alicyclic amines) is 1. The van der Waals surface area contributed by atoms with E-state index in [0.29, 0.717) is 30.5 Å². The van der Waals surface area contributed by atoms with Gasteiger partial charge >= 0.3 is 0 Å². The number of para-hydroxylation sites is 1. The molecule has 3 aromatic rings. The van der Waals surface area contributed by atoms with Crippen LogP contribution in [0.15, 0.2) is 29.1 Å². The average molecular weight is 440 g/mol. The van der Waals surface area contributed by atoms with Gasteiger partial charge in [0.05, 0.1) is 18.1 Å². The van der Waals surface area contributed by atoms with E-state index >= 15 is 0 Å². The van der Waals surface area contributed by atoms with Gasteiger partial charge < -0.3 is 19.5 Å². The van der Waals surface area contributed by atoms with Crippen molar-refractivity contribution in [2.24, 2.45) is 0 Å². The molecule has 0 aliphatic carbocycles. The summed E-state index contributed by atoms with van der Waals surface area (Å²) in [6.45, 7) is 6.43. The molecule has 2 aliphatic heterocycles. The number of carbonyl (C=O) groups is 2. The second kappa shape index (κ2) is 7.97. The number of thiazole rings is 1. The number of hydrogen-bond donors (Lipinski definition) is 1. The summed E-state index contributed by atoms with van der Waals surface area (Å²) < 4.78 is 5.44. The molecule has 8 nitrogen and oxygen atoms in total. The molecule has 0 bridgehead atoms. The molecule has 2 aliphatic rings. The largest absolute Gasteiger partial charge is 0.495 e. The number of nitrogens with zero attached hydrogens (tertiary/aromatic N) is 4. The van der Waals surface area contributed by atoms with Crippen molar-refractivity contribution in [2.45, 2.75) is 13.0 Å². The Morgan fingerprint density at radius 2 is 1.90 bits per heavy atom. The number of carbonyl (C=O) groups excluding carboxylic acids is 2. The predicted molar refractivity (Wildman–Crippen MR) is 119 cm³/mol. The summed E-state index contributed by atoms with van der Waals surface area (Å²) >= 11 is 1.44. The predicted octanol–water partition coefficient (Wildman–Crippen LogP) is 2.22. The molecule has 2 aromatic heterocycles. The van der Waals surface area contributed by atoms with Crippen LogP contribution < -0.4 is 4.74 Å². The summed E-state index contributed by atoms with van der Waals surface area (Å²) in [7, 11) is 1.64. The monoisotopic (exact) mass is 439 g/mol. The molecule has 0 radical (unpaired) electrons. The lowest BCUT2D eigenvalue weighted by Gasteiger charge is -2.47. The van der Waals surface area contributed by atoms with Crippen LogP contribution in [0, 0.1) is 6.92 Å². The number of H-pyrrole nitrogens is 1. The third kappa shape index (κ3) is 3.47. The SMILES string of the molecule is COc1cccc2c(C)c(C(=O)N3CCN(C4CN(C(=O)c5cscn5)C4)CC3)[nH]c12. The standard InChI is InChI=1S/C22H25N5O3S/c1-14-16-4-3-5-18(30-2)20(16)24-19(14)22(29)26-8-6-25(7-9-26)15-10-27(11-15)21(28)17-12-31-13-23-17/h3-5,12-13,15,24H,6-11H2,1-2H3. The maximum Gasteiger partial charge on any atom is 0.273 e. The first-order chi connectivity index (χ1) is 15.1. The van der Waals surface area contributed by atoms with E-state index in [4.69, 9.17) is 4.74 Å². The molecule has 2 saturated heterocycles. The number of hydrogen-bond acceptors (Lipinski definition) is 6. The zero-order valence-electron chi connectivity index (χ0n) is 17.6. The van der Waals surface area contributed by atoms with Crippen LogP contribution in [0.25, 0.3) is 10.9 Å². The Bertz CT molecular complexity index is 1110. The number of piperazine rings is 1. The van der Waals surface area contributed by atoms with Crippen molar-refractivity contribution in [3.05, 3.63) is 46.0 Å². The fourth-order valence-electron chi connectivity index (χ4n) is 4.49. The fraction of sp³-hybridized carbons (Fsp3) is 0.409. The minimum absolute atomic E-state index is 0.0102. The minimum Gasteiger partial charge on any atom is -0.495 e. The summed E-state index contributed by atoms with van der Waals surface area (Å²) in [6.07, 6.45) is 0. The van der Waals surface area contributed by atoms with Gasteiger partial charge in [0.25, 0.3) is 11.8 Å². The Labute approximate surface area is 184 Å². The number of methoxy groups -OCH3 is 1. The molecule has 0 saturated carbocycles. The Balaban J connectivity index is 1.20. The molecular formula is C22H25N5O3S. The van der Waals surface area contributed by atoms with Gasteiger partial charge in [-0.1, -0.05) is 12.1 Å². The van der Waals surface area contributed by atoms with E-state index in [2.05, 4.69) is 14.9 Å². The van der Waals surface area contributed by atoms with Gasteiger partial charge in [-0.3, -0.25) is 14.5 Å². The lowest BCUT2D eigenvalue weighted by Crippen LogP contribution is -2.64. The van der Waals surface area contributed by atoms with Crippen molar-refractivity contribution in [3.8, 4) is 5.75 Å². The highest BCUT2D eigenvalue weighted by Gasteiger charge is 2.37. The molecule has 2 amide bonds. The fourth-order valence-corrected chi connectivity index (χ4v) is 5.02. The van der Waals surface area contributed by atoms with Crippen LogP contribution >= 0.6 is 11.3 Å². The van der Waals surface area contributed by atoms with Crippen LogP contribution in [0.4, 0.5) is 0 Å². The zero-order valence-corrected chi connectivity index (χ0v) is 18.4. The van der Waals surface area contributed by atoms with E-state index < -0.39 is 0 Å². The molecule has 5 rings (SSSR count). The van der Waals surface area contributed by atoms with Gasteiger partial charge in [0.1, 0.15) is 17.1 Å². The van der Waals surface area contributed by atoms with Crippen molar-refractivity contribution in [1.82, 2.24) is 24.7 Å². The van der Waals surface area contributed by atoms with Gasteiger partial charge in [0, 0.05) is 56.1 Å². The quantitative estimate of drug-likeness (QED) is 0.674. The van der Waals surface area contributed by atoms with E-state index in [-0.39, 0.29) is 11.8 Å². The molecule has 1 N–H and O–H groups in total. The number of fused-ring (bicyclic) bond motifs is 1. The van der Waals surface area contributed by atoms with E-state index in [9.17, 15) is 9.59 Å². The second-order valence-corrected chi connectivity index (χ2v) is 8.79. The number of aromatic nitrogens is 2. The molecule has 9 heteroatoms. The van der Waals surface area contributed by atoms with Gasteiger partial charge in [-0.2, -0.15) is 0 Å². The number of ether oxygens (including phenoxy) is 1. The number of aryl methyl sites for hydroxylation is 1. The number of benzene rings is 1. The first-order valence-electron chi connectivity index (χ1n) is 10.4. The molecule has 0 spiro atoms. The Kier molecular flexibility index (Phi) is 5.15. The number of nitrogens with one attached hydrogen (secondary N) is 1. The van der Waals surface area contributed by atoms with Gasteiger partial charge in [0.2, 0.25) is 0 Å². The van der Waals surface area contributed by atoms with Crippen molar-refractivity contribution in [2.75, 3.05) is 46.4 Å². The summed E-state index contributed by atoms with van der Waals surface area (Å²) in [5.41, 5.74) is 4.67. The zero-order chi connectivity index (χ0) is 21.5. The lowest BCUT2D eigenvalue weighted by atomic mass is 10.1. The lowest BCUT2D eigenvalue weighted by molar-refractivity contribution is 0.00817. The van der Waals surface area contributed by atoms with Crippen LogP contribution in [-0.2, 0) is 0 Å². The highest BCUT2D eigenvalue weighted by Crippen LogP contribution is 2.30. The topological polar surface area (TPSA) is 81.8 Å². The minimum atomic E-state index is 0.0102. The summed E-state index contributed by atoms with van der Waals surface area (Å²) in [6, 6.07) is 6.20.